The van der Waals surface area contributed by atoms with E-state index in [9.17, 15) is 0 Å². The second kappa shape index (κ2) is 7.33. The Balaban J connectivity index is 1.48. The topological polar surface area (TPSA) is 41.0 Å². The molecule has 0 saturated carbocycles. The van der Waals surface area contributed by atoms with Crippen molar-refractivity contribution in [1.29, 1.82) is 0 Å². The first-order chi connectivity index (χ1) is 12.3. The summed E-state index contributed by atoms with van der Waals surface area (Å²) in [5.41, 5.74) is 2.39. The highest BCUT2D eigenvalue weighted by Crippen LogP contribution is 2.31. The van der Waals surface area contributed by atoms with E-state index in [2.05, 4.69) is 58.6 Å². The van der Waals surface area contributed by atoms with Crippen molar-refractivity contribution in [1.82, 2.24) is 14.9 Å². The molecule has 4 rings (SSSR count). The van der Waals surface area contributed by atoms with Gasteiger partial charge in [0.2, 0.25) is 0 Å². The zero-order chi connectivity index (χ0) is 17.1. The van der Waals surface area contributed by atoms with Gasteiger partial charge in [-0.3, -0.25) is 0 Å². The number of nitrogens with one attached hydrogen (secondary N) is 1. The first kappa shape index (κ1) is 16.2. The Hall–Kier alpha value is -2.24. The number of anilines is 2. The van der Waals surface area contributed by atoms with Crippen molar-refractivity contribution in [3.8, 4) is 10.4 Å². The van der Waals surface area contributed by atoms with Crippen molar-refractivity contribution >= 4 is 22.3 Å². The molecule has 1 N–H and O–H groups in total. The minimum absolute atomic E-state index is 0.564. The molecule has 2 aromatic heterocycles. The van der Waals surface area contributed by atoms with E-state index in [1.165, 1.54) is 24.1 Å². The van der Waals surface area contributed by atoms with E-state index in [1.54, 1.807) is 11.3 Å². The lowest BCUT2D eigenvalue weighted by Crippen LogP contribution is -2.29. The van der Waals surface area contributed by atoms with E-state index in [1.807, 2.05) is 18.3 Å². The van der Waals surface area contributed by atoms with E-state index >= 15 is 0 Å². The van der Waals surface area contributed by atoms with Crippen molar-refractivity contribution in [2.45, 2.75) is 18.8 Å². The number of pyridine rings is 1. The molecule has 0 amide bonds. The molecule has 0 aliphatic carbocycles. The minimum atomic E-state index is 0.564. The number of rotatable bonds is 4. The van der Waals surface area contributed by atoms with Crippen molar-refractivity contribution in [2.75, 3.05) is 25.5 Å². The summed E-state index contributed by atoms with van der Waals surface area (Å²) in [5.74, 6) is 1.44. The molecular weight excluding hydrogens is 328 g/mol. The van der Waals surface area contributed by atoms with E-state index in [-0.39, 0.29) is 0 Å². The average Bonchev–Trinajstić information content (AvgIpc) is 3.12. The van der Waals surface area contributed by atoms with Gasteiger partial charge in [-0.2, -0.15) is 0 Å². The number of nitrogens with zero attached hydrogens (tertiary/aromatic N) is 3. The van der Waals surface area contributed by atoms with Gasteiger partial charge in [-0.25, -0.2) is 9.97 Å². The third kappa shape index (κ3) is 3.89. The van der Waals surface area contributed by atoms with Crippen LogP contribution in [0.3, 0.4) is 0 Å². The van der Waals surface area contributed by atoms with Crippen LogP contribution in [0.15, 0.2) is 54.7 Å². The summed E-state index contributed by atoms with van der Waals surface area (Å²) in [6.07, 6.45) is 4.29. The fraction of sp³-hybridized carbons (Fsp3) is 0.300. The van der Waals surface area contributed by atoms with Crippen molar-refractivity contribution < 1.29 is 0 Å². The summed E-state index contributed by atoms with van der Waals surface area (Å²) < 4.78 is 0. The maximum Gasteiger partial charge on any atom is 0.188 e. The van der Waals surface area contributed by atoms with Gasteiger partial charge < -0.3 is 10.2 Å². The van der Waals surface area contributed by atoms with Gasteiger partial charge in [0.05, 0.1) is 4.88 Å². The molecule has 1 aromatic carbocycles. The highest BCUT2D eigenvalue weighted by Gasteiger charge is 2.19. The average molecular weight is 350 g/mol. The second-order valence-electron chi connectivity index (χ2n) is 6.55. The molecule has 1 aliphatic rings. The zero-order valence-corrected chi connectivity index (χ0v) is 15.2. The third-order valence-corrected chi connectivity index (χ3v) is 5.67. The Morgan fingerprint density at radius 2 is 1.84 bits per heavy atom. The fourth-order valence-corrected chi connectivity index (χ4v) is 4.06. The van der Waals surface area contributed by atoms with Crippen LogP contribution in [-0.2, 0) is 0 Å². The molecule has 0 atom stereocenters. The smallest absolute Gasteiger partial charge is 0.188 e. The van der Waals surface area contributed by atoms with Crippen LogP contribution in [0.25, 0.3) is 10.4 Å². The van der Waals surface area contributed by atoms with Crippen LogP contribution in [0, 0.1) is 0 Å². The van der Waals surface area contributed by atoms with Gasteiger partial charge in [-0.15, -0.1) is 0 Å². The third-order valence-electron chi connectivity index (χ3n) is 4.71. The SMILES string of the molecule is CN1CCC(c2cccc(Nc3ncc(-c4ccccc4)s3)n2)CC1. The van der Waals surface area contributed by atoms with Gasteiger partial charge in [-0.1, -0.05) is 47.7 Å². The van der Waals surface area contributed by atoms with E-state index in [4.69, 9.17) is 4.98 Å². The lowest BCUT2D eigenvalue weighted by atomic mass is 9.93. The number of benzene rings is 1. The molecule has 25 heavy (non-hydrogen) atoms. The van der Waals surface area contributed by atoms with Gasteiger partial charge in [0.1, 0.15) is 5.82 Å². The predicted octanol–water partition coefficient (Wildman–Crippen LogP) is 4.76. The molecule has 3 heterocycles. The maximum atomic E-state index is 4.84. The van der Waals surface area contributed by atoms with E-state index in [0.29, 0.717) is 5.92 Å². The first-order valence-electron chi connectivity index (χ1n) is 8.72. The number of piperidine rings is 1. The summed E-state index contributed by atoms with van der Waals surface area (Å²) in [7, 11) is 2.19. The lowest BCUT2D eigenvalue weighted by Gasteiger charge is -2.28. The molecular formula is C20H22N4S. The standard InChI is InChI=1S/C20H22N4S/c1-24-12-10-15(11-13-24)17-8-5-9-19(22-17)23-20-21-14-18(25-20)16-6-3-2-4-7-16/h2-9,14-15H,10-13H2,1H3,(H,21,22,23). The number of likely N-dealkylation sites (tertiary alicyclic amines) is 1. The molecule has 3 aromatic rings. The molecule has 0 unspecified atom stereocenters. The Morgan fingerprint density at radius 3 is 2.64 bits per heavy atom. The van der Waals surface area contributed by atoms with Crippen LogP contribution in [0.2, 0.25) is 0 Å². The number of aromatic nitrogens is 2. The van der Waals surface area contributed by atoms with Crippen LogP contribution in [0.5, 0.6) is 0 Å². The molecule has 1 saturated heterocycles. The van der Waals surface area contributed by atoms with Crippen molar-refractivity contribution in [3.63, 3.8) is 0 Å². The summed E-state index contributed by atoms with van der Waals surface area (Å²) in [5, 5.41) is 4.25. The molecule has 5 heteroatoms. The van der Waals surface area contributed by atoms with Gasteiger partial charge in [-0.05, 0) is 50.7 Å². The first-order valence-corrected chi connectivity index (χ1v) is 9.53. The summed E-state index contributed by atoms with van der Waals surface area (Å²) in [6.45, 7) is 2.30. The largest absolute Gasteiger partial charge is 0.316 e. The van der Waals surface area contributed by atoms with Gasteiger partial charge in [0.15, 0.2) is 5.13 Å². The minimum Gasteiger partial charge on any atom is -0.316 e. The number of hydrogen-bond donors (Lipinski definition) is 1. The monoisotopic (exact) mass is 350 g/mol. The normalized spacial score (nSPS) is 16.0. The molecule has 0 bridgehead atoms. The van der Waals surface area contributed by atoms with Gasteiger partial charge in [0, 0.05) is 17.8 Å². The molecule has 4 nitrogen and oxygen atoms in total. The summed E-state index contributed by atoms with van der Waals surface area (Å²) >= 11 is 1.65. The predicted molar refractivity (Wildman–Crippen MR) is 105 cm³/mol. The molecule has 1 fully saturated rings. The highest BCUT2D eigenvalue weighted by molar-refractivity contribution is 7.18. The number of hydrogen-bond acceptors (Lipinski definition) is 5. The Labute approximate surface area is 152 Å². The summed E-state index contributed by atoms with van der Waals surface area (Å²) in [4.78, 5) is 12.9. The van der Waals surface area contributed by atoms with Gasteiger partial charge in [0.25, 0.3) is 0 Å². The Kier molecular flexibility index (Phi) is 4.76. The lowest BCUT2D eigenvalue weighted by molar-refractivity contribution is 0.253. The van der Waals surface area contributed by atoms with Crippen LogP contribution in [0.1, 0.15) is 24.5 Å². The fourth-order valence-electron chi connectivity index (χ4n) is 3.23. The van der Waals surface area contributed by atoms with Crippen LogP contribution in [-0.4, -0.2) is 35.0 Å². The van der Waals surface area contributed by atoms with Crippen LogP contribution < -0.4 is 5.32 Å². The van der Waals surface area contributed by atoms with Crippen molar-refractivity contribution in [2.24, 2.45) is 0 Å². The molecule has 128 valence electrons. The molecule has 1 aliphatic heterocycles. The van der Waals surface area contributed by atoms with E-state index in [0.717, 1.165) is 28.9 Å². The van der Waals surface area contributed by atoms with Crippen molar-refractivity contribution in [3.05, 3.63) is 60.4 Å². The quantitative estimate of drug-likeness (QED) is 0.737. The number of thiazole rings is 1. The van der Waals surface area contributed by atoms with Crippen LogP contribution >= 0.6 is 11.3 Å². The van der Waals surface area contributed by atoms with Gasteiger partial charge >= 0.3 is 0 Å². The van der Waals surface area contributed by atoms with E-state index < -0.39 is 0 Å². The second-order valence-corrected chi connectivity index (χ2v) is 7.58. The Bertz CT molecular complexity index is 822. The molecule has 0 spiro atoms. The molecule has 0 radical (unpaired) electrons. The zero-order valence-electron chi connectivity index (χ0n) is 14.4. The maximum absolute atomic E-state index is 4.84. The van der Waals surface area contributed by atoms with Crippen LogP contribution in [0.4, 0.5) is 10.9 Å². The highest BCUT2D eigenvalue weighted by atomic mass is 32.1. The summed E-state index contributed by atoms with van der Waals surface area (Å²) in [6, 6.07) is 16.6. The Morgan fingerprint density at radius 1 is 1.04 bits per heavy atom.